The maximum atomic E-state index is 10.9. The molecule has 0 spiro atoms. The first kappa shape index (κ1) is 15.2. The van der Waals surface area contributed by atoms with Crippen LogP contribution in [-0.4, -0.2) is 24.2 Å². The molecule has 1 aliphatic carbocycles. The molecule has 0 aliphatic heterocycles. The van der Waals surface area contributed by atoms with Gasteiger partial charge in [0.05, 0.1) is 17.6 Å². The maximum Gasteiger partial charge on any atom is 0.273 e. The molecule has 1 N–H and O–H groups in total. The zero-order valence-corrected chi connectivity index (χ0v) is 12.1. The average Bonchev–Trinajstić information content (AvgIpc) is 2.91. The number of hydrogen-bond donors (Lipinski definition) is 1. The highest BCUT2D eigenvalue weighted by atomic mass is 35.5. The smallest absolute Gasteiger partial charge is 0.273 e. The molecular weight excluding hydrogens is 280 g/mol. The van der Waals surface area contributed by atoms with E-state index in [1.807, 2.05) is 0 Å². The van der Waals surface area contributed by atoms with E-state index >= 15 is 0 Å². The molecule has 110 valence electrons. The van der Waals surface area contributed by atoms with Gasteiger partial charge < -0.3 is 10.1 Å². The molecule has 0 atom stereocenters. The van der Waals surface area contributed by atoms with Gasteiger partial charge in [0, 0.05) is 29.7 Å². The Hall–Kier alpha value is -1.17. The monoisotopic (exact) mass is 298 g/mol. The molecule has 1 aromatic rings. The summed E-state index contributed by atoms with van der Waals surface area (Å²) < 4.78 is 5.72. The second-order valence-electron chi connectivity index (χ2n) is 4.98. The van der Waals surface area contributed by atoms with E-state index in [-0.39, 0.29) is 10.6 Å². The molecule has 0 saturated heterocycles. The number of nitro benzene ring substituents is 1. The van der Waals surface area contributed by atoms with Crippen LogP contribution >= 0.6 is 11.6 Å². The lowest BCUT2D eigenvalue weighted by molar-refractivity contribution is -0.385. The van der Waals surface area contributed by atoms with Crippen molar-refractivity contribution in [2.45, 2.75) is 38.3 Å². The molecular formula is C14H19ClN2O3. The highest BCUT2D eigenvalue weighted by molar-refractivity contribution is 6.30. The van der Waals surface area contributed by atoms with Crippen molar-refractivity contribution in [2.24, 2.45) is 0 Å². The number of nitro groups is 1. The molecule has 0 aromatic heterocycles. The molecule has 0 unspecified atom stereocenters. The number of rotatable bonds is 7. The van der Waals surface area contributed by atoms with Crippen LogP contribution in [0.2, 0.25) is 5.02 Å². The Morgan fingerprint density at radius 3 is 2.85 bits per heavy atom. The Bertz CT molecular complexity index is 462. The van der Waals surface area contributed by atoms with Crippen LogP contribution in [0, 0.1) is 10.1 Å². The van der Waals surface area contributed by atoms with Crippen molar-refractivity contribution in [1.82, 2.24) is 5.32 Å². The summed E-state index contributed by atoms with van der Waals surface area (Å²) in [7, 11) is 0. The van der Waals surface area contributed by atoms with E-state index in [0.29, 0.717) is 36.4 Å². The van der Waals surface area contributed by atoms with Crippen LogP contribution < -0.4 is 5.32 Å². The number of hydrogen-bond acceptors (Lipinski definition) is 4. The minimum absolute atomic E-state index is 0.0959. The number of benzene rings is 1. The van der Waals surface area contributed by atoms with E-state index in [2.05, 4.69) is 5.32 Å². The molecule has 5 nitrogen and oxygen atoms in total. The van der Waals surface area contributed by atoms with E-state index in [9.17, 15) is 10.1 Å². The second kappa shape index (κ2) is 7.57. The maximum absolute atomic E-state index is 10.9. The quantitative estimate of drug-likeness (QED) is 0.476. The summed E-state index contributed by atoms with van der Waals surface area (Å²) in [6, 6.07) is 4.60. The summed E-state index contributed by atoms with van der Waals surface area (Å²) in [4.78, 5) is 10.5. The highest BCUT2D eigenvalue weighted by Crippen LogP contribution is 2.22. The fourth-order valence-electron chi connectivity index (χ4n) is 2.45. The van der Waals surface area contributed by atoms with Crippen molar-refractivity contribution in [1.29, 1.82) is 0 Å². The third kappa shape index (κ3) is 4.44. The Kier molecular flexibility index (Phi) is 5.76. The normalized spacial score (nSPS) is 15.7. The van der Waals surface area contributed by atoms with Crippen molar-refractivity contribution < 1.29 is 9.66 Å². The fourth-order valence-corrected chi connectivity index (χ4v) is 2.64. The van der Waals surface area contributed by atoms with Gasteiger partial charge in [-0.1, -0.05) is 24.4 Å². The molecule has 1 saturated carbocycles. The van der Waals surface area contributed by atoms with Crippen LogP contribution in [-0.2, 0) is 11.3 Å². The van der Waals surface area contributed by atoms with Gasteiger partial charge in [-0.3, -0.25) is 10.1 Å². The van der Waals surface area contributed by atoms with Crippen LogP contribution in [0.5, 0.6) is 0 Å². The third-order valence-electron chi connectivity index (χ3n) is 3.49. The second-order valence-corrected chi connectivity index (χ2v) is 5.42. The lowest BCUT2D eigenvalue weighted by atomic mass is 10.2. The van der Waals surface area contributed by atoms with E-state index in [0.717, 1.165) is 12.8 Å². The van der Waals surface area contributed by atoms with Gasteiger partial charge in [-0.2, -0.15) is 0 Å². The zero-order valence-electron chi connectivity index (χ0n) is 11.3. The Morgan fingerprint density at radius 1 is 1.40 bits per heavy atom. The zero-order chi connectivity index (χ0) is 14.4. The summed E-state index contributed by atoms with van der Waals surface area (Å²) in [6.07, 6.45) is 5.22. The van der Waals surface area contributed by atoms with Crippen molar-refractivity contribution in [3.63, 3.8) is 0 Å². The van der Waals surface area contributed by atoms with Gasteiger partial charge in [-0.15, -0.1) is 0 Å². The summed E-state index contributed by atoms with van der Waals surface area (Å²) in [5, 5.41) is 14.6. The molecule has 1 aliphatic rings. The van der Waals surface area contributed by atoms with Crippen molar-refractivity contribution in [3.05, 3.63) is 38.9 Å². The number of ether oxygens (including phenoxy) is 1. The van der Waals surface area contributed by atoms with E-state index in [1.54, 1.807) is 6.07 Å². The van der Waals surface area contributed by atoms with Gasteiger partial charge >= 0.3 is 0 Å². The predicted octanol–water partition coefficient (Wildman–Crippen LogP) is 3.30. The van der Waals surface area contributed by atoms with Crippen LogP contribution in [0.25, 0.3) is 0 Å². The molecule has 0 heterocycles. The molecule has 6 heteroatoms. The predicted molar refractivity (Wildman–Crippen MR) is 78.0 cm³/mol. The number of halogens is 1. The molecule has 0 amide bonds. The first-order valence-corrected chi connectivity index (χ1v) is 7.30. The lowest BCUT2D eigenvalue weighted by Crippen LogP contribution is -2.22. The van der Waals surface area contributed by atoms with Gasteiger partial charge in [0.1, 0.15) is 0 Å². The minimum atomic E-state index is -0.387. The summed E-state index contributed by atoms with van der Waals surface area (Å²) in [6.45, 7) is 1.74. The molecule has 20 heavy (non-hydrogen) atoms. The number of nitrogens with zero attached hydrogens (tertiary/aromatic N) is 1. The largest absolute Gasteiger partial charge is 0.377 e. The summed E-state index contributed by atoms with van der Waals surface area (Å²) in [5.74, 6) is 0. The van der Waals surface area contributed by atoms with Gasteiger partial charge in [0.25, 0.3) is 5.69 Å². The summed E-state index contributed by atoms with van der Waals surface area (Å²) in [5.41, 5.74) is 0.696. The summed E-state index contributed by atoms with van der Waals surface area (Å²) >= 11 is 5.87. The minimum Gasteiger partial charge on any atom is -0.377 e. The average molecular weight is 299 g/mol. The first-order valence-electron chi connectivity index (χ1n) is 6.92. The molecule has 0 radical (unpaired) electrons. The van der Waals surface area contributed by atoms with Crippen LogP contribution in [0.3, 0.4) is 0 Å². The third-order valence-corrected chi connectivity index (χ3v) is 3.72. The number of nitrogens with one attached hydrogen (secondary N) is 1. The van der Waals surface area contributed by atoms with E-state index < -0.39 is 0 Å². The Morgan fingerprint density at radius 2 is 2.15 bits per heavy atom. The van der Waals surface area contributed by atoms with Crippen LogP contribution in [0.15, 0.2) is 18.2 Å². The van der Waals surface area contributed by atoms with Crippen molar-refractivity contribution in [2.75, 3.05) is 13.2 Å². The van der Waals surface area contributed by atoms with Gasteiger partial charge in [0.2, 0.25) is 0 Å². The first-order chi connectivity index (χ1) is 9.66. The Labute approximate surface area is 123 Å². The topological polar surface area (TPSA) is 64.4 Å². The molecule has 1 fully saturated rings. The fraction of sp³-hybridized carbons (Fsp3) is 0.571. The van der Waals surface area contributed by atoms with Crippen molar-refractivity contribution in [3.8, 4) is 0 Å². The van der Waals surface area contributed by atoms with Crippen LogP contribution in [0.4, 0.5) is 5.69 Å². The standard InChI is InChI=1S/C14H19ClN2O3/c15-12-5-6-14(17(18)19)11(9-12)10-16-7-8-20-13-3-1-2-4-13/h5-6,9,13,16H,1-4,7-8,10H2. The van der Waals surface area contributed by atoms with Gasteiger partial charge in [-0.05, 0) is 25.0 Å². The van der Waals surface area contributed by atoms with Gasteiger partial charge in [0.15, 0.2) is 0 Å². The lowest BCUT2D eigenvalue weighted by Gasteiger charge is -2.11. The van der Waals surface area contributed by atoms with Crippen LogP contribution in [0.1, 0.15) is 31.2 Å². The Balaban J connectivity index is 1.75. The molecule has 2 rings (SSSR count). The molecule has 0 bridgehead atoms. The van der Waals surface area contributed by atoms with E-state index in [4.69, 9.17) is 16.3 Å². The molecule has 1 aromatic carbocycles. The van der Waals surface area contributed by atoms with E-state index in [1.165, 1.54) is 25.0 Å². The SMILES string of the molecule is O=[N+]([O-])c1ccc(Cl)cc1CNCCOC1CCCC1. The van der Waals surface area contributed by atoms with Crippen molar-refractivity contribution >= 4 is 17.3 Å². The highest BCUT2D eigenvalue weighted by Gasteiger charge is 2.15. The van der Waals surface area contributed by atoms with Gasteiger partial charge in [-0.25, -0.2) is 0 Å².